The minimum atomic E-state index is -1.80. The Morgan fingerprint density at radius 2 is 1.55 bits per heavy atom. The van der Waals surface area contributed by atoms with Crippen LogP contribution in [0.2, 0.25) is 0 Å². The van der Waals surface area contributed by atoms with Gasteiger partial charge in [0, 0.05) is 38.1 Å². The van der Waals surface area contributed by atoms with Crippen LogP contribution in [0.4, 0.5) is 0 Å². The van der Waals surface area contributed by atoms with Crippen LogP contribution < -0.4 is 0 Å². The maximum absolute atomic E-state index is 14.2. The molecule has 0 spiro atoms. The van der Waals surface area contributed by atoms with Crippen LogP contribution in [0, 0.1) is 17.8 Å². The van der Waals surface area contributed by atoms with Crippen LogP contribution in [0.1, 0.15) is 94.9 Å². The number of aliphatic hydroxyl groups excluding tert-OH is 3. The lowest BCUT2D eigenvalue weighted by molar-refractivity contribution is -0.318. The van der Waals surface area contributed by atoms with Gasteiger partial charge in [-0.1, -0.05) is 20.8 Å². The zero-order valence-corrected chi connectivity index (χ0v) is 34.7. The van der Waals surface area contributed by atoms with Crippen molar-refractivity contribution in [3.05, 3.63) is 0 Å². The molecule has 314 valence electrons. The number of esters is 1. The van der Waals surface area contributed by atoms with Crippen LogP contribution in [0.15, 0.2) is 0 Å². The van der Waals surface area contributed by atoms with Crippen LogP contribution >= 0.6 is 0 Å². The summed E-state index contributed by atoms with van der Waals surface area (Å²) in [6, 6.07) is -0.808. The molecule has 0 aromatic heterocycles. The summed E-state index contributed by atoms with van der Waals surface area (Å²) in [6.45, 7) is 18.0. The normalized spacial score (nSPS) is 48.7. The number of methoxy groups -OCH3 is 1. The summed E-state index contributed by atoms with van der Waals surface area (Å²) in [5.41, 5.74) is -4.37. The van der Waals surface area contributed by atoms with Gasteiger partial charge < -0.3 is 69.2 Å². The summed E-state index contributed by atoms with van der Waals surface area (Å²) in [4.78, 5) is 18.0. The summed E-state index contributed by atoms with van der Waals surface area (Å²) >= 11 is 0. The van der Waals surface area contributed by atoms with E-state index in [-0.39, 0.29) is 42.8 Å². The van der Waals surface area contributed by atoms with Gasteiger partial charge in [0.1, 0.15) is 30.0 Å². The fourth-order valence-corrected chi connectivity index (χ4v) is 8.74. The largest absolute Gasteiger partial charge is 0.459 e. The lowest BCUT2D eigenvalue weighted by Crippen LogP contribution is -2.60. The minimum Gasteiger partial charge on any atom is -0.459 e. The number of rotatable bonds is 7. The van der Waals surface area contributed by atoms with Gasteiger partial charge in [0.2, 0.25) is 0 Å². The first kappa shape index (κ1) is 48.1. The predicted molar refractivity (Wildman–Crippen MR) is 198 cm³/mol. The zero-order valence-electron chi connectivity index (χ0n) is 34.7. The average molecular weight is 767 g/mol. The van der Waals surface area contributed by atoms with Gasteiger partial charge in [-0.05, 0) is 94.8 Å². The van der Waals surface area contributed by atoms with E-state index in [1.165, 1.54) is 14.0 Å². The number of aliphatic hydroxyl groups is 5. The third-order valence-electron chi connectivity index (χ3n) is 12.2. The average Bonchev–Trinajstić information content (AvgIpc) is 3.05. The van der Waals surface area contributed by atoms with Crippen LogP contribution in [0.5, 0.6) is 0 Å². The summed E-state index contributed by atoms with van der Waals surface area (Å²) in [5, 5.41) is 58.1. The quantitative estimate of drug-likeness (QED) is 0.230. The van der Waals surface area contributed by atoms with Gasteiger partial charge >= 0.3 is 5.97 Å². The molecule has 3 heterocycles. The molecule has 7 N–H and O–H groups in total. The molecule has 0 aromatic rings. The molecule has 3 fully saturated rings. The van der Waals surface area contributed by atoms with Crippen molar-refractivity contribution in [3.63, 3.8) is 0 Å². The highest BCUT2D eigenvalue weighted by Gasteiger charge is 2.52. The number of hydrogen-bond acceptors (Lipinski definition) is 14. The maximum atomic E-state index is 14.2. The minimum absolute atomic E-state index is 0. The van der Waals surface area contributed by atoms with Crippen LogP contribution in [0.3, 0.4) is 0 Å². The number of carbonyl (C=O) groups is 1. The van der Waals surface area contributed by atoms with E-state index < -0.39 is 96.0 Å². The molecule has 0 aromatic carbocycles. The highest BCUT2D eigenvalue weighted by Crippen LogP contribution is 2.40. The monoisotopic (exact) mass is 767 g/mol. The molecular weight excluding hydrogens is 692 g/mol. The van der Waals surface area contributed by atoms with Crippen molar-refractivity contribution in [1.82, 2.24) is 9.80 Å². The van der Waals surface area contributed by atoms with Crippen molar-refractivity contribution in [2.75, 3.05) is 34.8 Å². The number of ether oxygens (including phenoxy) is 6. The Morgan fingerprint density at radius 1 is 0.943 bits per heavy atom. The fraction of sp³-hybridized carbons (Fsp3) is 0.974. The van der Waals surface area contributed by atoms with E-state index in [1.807, 2.05) is 51.7 Å². The van der Waals surface area contributed by atoms with Gasteiger partial charge in [-0.2, -0.15) is 0 Å². The summed E-state index contributed by atoms with van der Waals surface area (Å²) in [6.07, 6.45) is -8.19. The Bertz CT molecular complexity index is 1150. The van der Waals surface area contributed by atoms with Crippen molar-refractivity contribution < 1.29 is 64.2 Å². The summed E-state index contributed by atoms with van der Waals surface area (Å²) in [7, 11) is 7.12. The molecule has 3 aliphatic rings. The maximum Gasteiger partial charge on any atom is 0.311 e. The second kappa shape index (κ2) is 18.9. The van der Waals surface area contributed by atoms with Crippen LogP contribution in [0.25, 0.3) is 0 Å². The summed E-state index contributed by atoms with van der Waals surface area (Å²) in [5.74, 6) is -2.58. The van der Waals surface area contributed by atoms with E-state index in [9.17, 15) is 30.3 Å². The van der Waals surface area contributed by atoms with Gasteiger partial charge in [0.15, 0.2) is 12.6 Å². The highest BCUT2D eigenvalue weighted by molar-refractivity contribution is 5.73. The molecular formula is C38H74N2O13. The highest BCUT2D eigenvalue weighted by atomic mass is 16.7. The molecule has 3 saturated heterocycles. The van der Waals surface area contributed by atoms with Crippen molar-refractivity contribution in [1.29, 1.82) is 0 Å². The van der Waals surface area contributed by atoms with Crippen molar-refractivity contribution in [2.24, 2.45) is 17.8 Å². The SMILES string of the molecule is CC[C@H]1OC(=O)[C@H](C)[C@@H](O[C@H]2C[C@@](C)(OC)[C@@H](O)[C@H](C)O2)C(C)[C@@H](O[C@@H]2O[C@H](C)C[C@H](N(C)C)[C@H]2O)[C@](C)(O)C[C@@H](C)CN(C)[C@H](C)[C@@H](O)[C@]1(C)O.O. The van der Waals surface area contributed by atoms with Gasteiger partial charge in [-0.15, -0.1) is 0 Å². The third kappa shape index (κ3) is 10.9. The second-order valence-corrected chi connectivity index (χ2v) is 17.2. The lowest BCUT2D eigenvalue weighted by Gasteiger charge is -2.48. The van der Waals surface area contributed by atoms with Gasteiger partial charge in [0.05, 0.1) is 41.5 Å². The van der Waals surface area contributed by atoms with E-state index in [1.54, 1.807) is 41.5 Å². The predicted octanol–water partition coefficient (Wildman–Crippen LogP) is 1.08. The van der Waals surface area contributed by atoms with Gasteiger partial charge in [-0.25, -0.2) is 0 Å². The Morgan fingerprint density at radius 3 is 2.09 bits per heavy atom. The van der Waals surface area contributed by atoms with Crippen molar-refractivity contribution in [2.45, 2.75) is 185 Å². The van der Waals surface area contributed by atoms with Crippen LogP contribution in [-0.4, -0.2) is 172 Å². The standard InChI is InChI=1S/C38H72N2O12.H2O/c1-15-27-38(10,46)31(42)24(6)40(13)19-20(2)17-36(8,45)33(52-35-29(41)26(39(11)12)16-21(3)48-35)22(4)30(23(5)34(44)50-27)51-28-18-37(9,47-14)32(43)25(7)49-28;/h20-33,35,41-43,45-46H,15-19H2,1-14H3;1H2/t20-,21-,22?,23-,24-,25+,26+,27-,28+,29-,30+,31-,32+,33-,35+,36-,37-,38-;/m1./s1. The Hall–Kier alpha value is -1.05. The van der Waals surface area contributed by atoms with E-state index in [0.717, 1.165) is 0 Å². The Balaban J connectivity index is 0.00000972. The number of likely N-dealkylation sites (N-methyl/N-ethyl adjacent to an activating group) is 2. The van der Waals surface area contributed by atoms with Gasteiger partial charge in [-0.3, -0.25) is 4.79 Å². The van der Waals surface area contributed by atoms with Crippen molar-refractivity contribution in [3.8, 4) is 0 Å². The molecule has 18 atom stereocenters. The smallest absolute Gasteiger partial charge is 0.311 e. The lowest BCUT2D eigenvalue weighted by atomic mass is 9.77. The Labute approximate surface area is 317 Å². The molecule has 0 bridgehead atoms. The molecule has 15 heteroatoms. The number of carbonyl (C=O) groups excluding carboxylic acids is 1. The van der Waals surface area contributed by atoms with E-state index in [2.05, 4.69) is 0 Å². The zero-order chi connectivity index (χ0) is 39.7. The fourth-order valence-electron chi connectivity index (χ4n) is 8.74. The van der Waals surface area contributed by atoms with Crippen LogP contribution in [-0.2, 0) is 33.2 Å². The second-order valence-electron chi connectivity index (χ2n) is 17.2. The molecule has 0 saturated carbocycles. The summed E-state index contributed by atoms with van der Waals surface area (Å²) < 4.78 is 37.5. The number of cyclic esters (lactones) is 1. The number of hydrogen-bond donors (Lipinski definition) is 5. The van der Waals surface area contributed by atoms with Gasteiger partial charge in [0.25, 0.3) is 0 Å². The molecule has 15 nitrogen and oxygen atoms in total. The molecule has 53 heavy (non-hydrogen) atoms. The molecule has 0 amide bonds. The Kier molecular flexibility index (Phi) is 17.2. The number of nitrogens with zero attached hydrogens (tertiary/aromatic N) is 2. The first-order valence-corrected chi connectivity index (χ1v) is 19.1. The molecule has 0 radical (unpaired) electrons. The van der Waals surface area contributed by atoms with Crippen molar-refractivity contribution >= 4 is 5.97 Å². The molecule has 1 unspecified atom stereocenters. The molecule has 3 aliphatic heterocycles. The molecule has 3 rings (SSSR count). The van der Waals surface area contributed by atoms with E-state index in [4.69, 9.17) is 28.4 Å². The van der Waals surface area contributed by atoms with E-state index in [0.29, 0.717) is 13.0 Å². The molecule has 0 aliphatic carbocycles. The first-order chi connectivity index (χ1) is 23.9. The first-order valence-electron chi connectivity index (χ1n) is 19.1. The third-order valence-corrected chi connectivity index (χ3v) is 12.2. The topological polar surface area (TPSA) is 212 Å². The van der Waals surface area contributed by atoms with E-state index >= 15 is 0 Å².